The fourth-order valence-electron chi connectivity index (χ4n) is 1.59. The summed E-state index contributed by atoms with van der Waals surface area (Å²) in [5, 5.41) is 11.4. The quantitative estimate of drug-likeness (QED) is 0.567. The highest BCUT2D eigenvalue weighted by atomic mass is 16.6. The Morgan fingerprint density at radius 1 is 1.40 bits per heavy atom. The Morgan fingerprint density at radius 3 is 2.73 bits per heavy atom. The molecule has 2 aromatic rings. The van der Waals surface area contributed by atoms with Crippen molar-refractivity contribution in [3.8, 4) is 0 Å². The molecule has 76 valence electrons. The van der Waals surface area contributed by atoms with Gasteiger partial charge in [0.1, 0.15) is 11.4 Å². The van der Waals surface area contributed by atoms with Crippen molar-refractivity contribution in [1.82, 2.24) is 4.98 Å². The van der Waals surface area contributed by atoms with Crippen molar-refractivity contribution in [2.45, 2.75) is 6.92 Å². The summed E-state index contributed by atoms with van der Waals surface area (Å²) in [5.74, 6) is 0. The highest BCUT2D eigenvalue weighted by Gasteiger charge is 2.19. The van der Waals surface area contributed by atoms with Gasteiger partial charge in [-0.25, -0.2) is 4.98 Å². The second-order valence-corrected chi connectivity index (χ2v) is 3.23. The van der Waals surface area contributed by atoms with Crippen LogP contribution >= 0.6 is 0 Å². The highest BCUT2D eigenvalue weighted by molar-refractivity contribution is 5.95. The number of hydrogen-bond donors (Lipinski definition) is 1. The summed E-state index contributed by atoms with van der Waals surface area (Å²) in [5.41, 5.74) is 6.84. The van der Waals surface area contributed by atoms with Gasteiger partial charge in [-0.15, -0.1) is 0 Å². The van der Waals surface area contributed by atoms with Crippen molar-refractivity contribution in [1.29, 1.82) is 0 Å². The van der Waals surface area contributed by atoms with Crippen LogP contribution in [0.3, 0.4) is 0 Å². The molecule has 1 aromatic carbocycles. The number of para-hydroxylation sites is 1. The van der Waals surface area contributed by atoms with Gasteiger partial charge in [0.05, 0.1) is 10.4 Å². The van der Waals surface area contributed by atoms with E-state index in [1.807, 2.05) is 6.07 Å². The maximum Gasteiger partial charge on any atom is 0.313 e. The third-order valence-corrected chi connectivity index (χ3v) is 2.26. The molecule has 5 nitrogen and oxygen atoms in total. The van der Waals surface area contributed by atoms with Crippen LogP contribution in [0.1, 0.15) is 5.69 Å². The predicted octanol–water partition coefficient (Wildman–Crippen LogP) is 2.03. The van der Waals surface area contributed by atoms with Crippen LogP contribution in [0, 0.1) is 17.0 Å². The molecular formula is C10H9N3O2. The average Bonchev–Trinajstić information content (AvgIpc) is 2.17. The van der Waals surface area contributed by atoms with Gasteiger partial charge in [0.25, 0.3) is 0 Å². The van der Waals surface area contributed by atoms with Crippen molar-refractivity contribution in [2.75, 3.05) is 5.73 Å². The molecule has 0 aliphatic carbocycles. The molecule has 0 aliphatic rings. The summed E-state index contributed by atoms with van der Waals surface area (Å²) < 4.78 is 0. The van der Waals surface area contributed by atoms with E-state index in [1.165, 1.54) is 0 Å². The van der Waals surface area contributed by atoms with E-state index in [9.17, 15) is 10.1 Å². The van der Waals surface area contributed by atoms with Gasteiger partial charge in [-0.2, -0.15) is 0 Å². The van der Waals surface area contributed by atoms with Gasteiger partial charge in [0.2, 0.25) is 0 Å². The lowest BCUT2D eigenvalue weighted by atomic mass is 10.1. The van der Waals surface area contributed by atoms with Gasteiger partial charge in [-0.05, 0) is 13.0 Å². The number of nitrogens with two attached hydrogens (primary N) is 1. The van der Waals surface area contributed by atoms with Crippen LogP contribution in [-0.2, 0) is 0 Å². The van der Waals surface area contributed by atoms with Crippen molar-refractivity contribution < 1.29 is 4.92 Å². The lowest BCUT2D eigenvalue weighted by molar-refractivity contribution is -0.384. The number of anilines is 1. The Morgan fingerprint density at radius 2 is 2.07 bits per heavy atom. The molecule has 0 aliphatic heterocycles. The molecule has 1 aromatic heterocycles. The van der Waals surface area contributed by atoms with Crippen LogP contribution < -0.4 is 5.73 Å². The lowest BCUT2D eigenvalue weighted by Gasteiger charge is -2.04. The van der Waals surface area contributed by atoms with Crippen molar-refractivity contribution >= 4 is 22.3 Å². The van der Waals surface area contributed by atoms with Crippen LogP contribution in [0.15, 0.2) is 24.3 Å². The van der Waals surface area contributed by atoms with E-state index in [4.69, 9.17) is 5.73 Å². The molecule has 0 fully saturated rings. The summed E-state index contributed by atoms with van der Waals surface area (Å²) in [4.78, 5) is 14.4. The molecule has 0 radical (unpaired) electrons. The van der Waals surface area contributed by atoms with Gasteiger partial charge in [-0.1, -0.05) is 18.2 Å². The number of nitrogen functional groups attached to an aromatic ring is 1. The van der Waals surface area contributed by atoms with E-state index in [0.717, 1.165) is 0 Å². The topological polar surface area (TPSA) is 82.0 Å². The van der Waals surface area contributed by atoms with Gasteiger partial charge in [0, 0.05) is 5.39 Å². The molecule has 15 heavy (non-hydrogen) atoms. The highest BCUT2D eigenvalue weighted by Crippen LogP contribution is 2.31. The molecular weight excluding hydrogens is 194 g/mol. The number of rotatable bonds is 1. The van der Waals surface area contributed by atoms with Crippen LogP contribution in [-0.4, -0.2) is 9.91 Å². The van der Waals surface area contributed by atoms with Crippen LogP contribution in [0.2, 0.25) is 0 Å². The molecule has 0 atom stereocenters. The minimum Gasteiger partial charge on any atom is -0.393 e. The summed E-state index contributed by atoms with van der Waals surface area (Å²) >= 11 is 0. The summed E-state index contributed by atoms with van der Waals surface area (Å²) in [6.07, 6.45) is 0. The second kappa shape index (κ2) is 3.20. The number of hydrogen-bond acceptors (Lipinski definition) is 4. The third-order valence-electron chi connectivity index (χ3n) is 2.26. The third kappa shape index (κ3) is 1.38. The first-order valence-corrected chi connectivity index (χ1v) is 4.40. The SMILES string of the molecule is Cc1nc2ccccc2c(N)c1[N+](=O)[O-]. The van der Waals surface area contributed by atoms with Crippen LogP contribution in [0.25, 0.3) is 10.9 Å². The largest absolute Gasteiger partial charge is 0.393 e. The summed E-state index contributed by atoms with van der Waals surface area (Å²) in [6, 6.07) is 7.10. The van der Waals surface area contributed by atoms with Crippen molar-refractivity contribution in [3.63, 3.8) is 0 Å². The zero-order valence-corrected chi connectivity index (χ0v) is 8.10. The van der Waals surface area contributed by atoms with E-state index in [-0.39, 0.29) is 11.4 Å². The molecule has 2 N–H and O–H groups in total. The number of aryl methyl sites for hydroxylation is 1. The Balaban J connectivity index is 2.90. The van der Waals surface area contributed by atoms with Crippen LogP contribution in [0.5, 0.6) is 0 Å². The molecule has 0 amide bonds. The van der Waals surface area contributed by atoms with Crippen molar-refractivity contribution in [3.05, 3.63) is 40.1 Å². The minimum atomic E-state index is -0.496. The van der Waals surface area contributed by atoms with E-state index in [2.05, 4.69) is 4.98 Å². The van der Waals surface area contributed by atoms with E-state index >= 15 is 0 Å². The van der Waals surface area contributed by atoms with E-state index in [0.29, 0.717) is 16.6 Å². The number of fused-ring (bicyclic) bond motifs is 1. The molecule has 0 unspecified atom stereocenters. The smallest absolute Gasteiger partial charge is 0.313 e. The first kappa shape index (κ1) is 9.39. The summed E-state index contributed by atoms with van der Waals surface area (Å²) in [6.45, 7) is 1.58. The molecule has 0 spiro atoms. The lowest BCUT2D eigenvalue weighted by Crippen LogP contribution is -2.01. The Bertz CT molecular complexity index is 552. The first-order valence-electron chi connectivity index (χ1n) is 4.40. The zero-order valence-electron chi connectivity index (χ0n) is 8.10. The zero-order chi connectivity index (χ0) is 11.0. The van der Waals surface area contributed by atoms with Crippen LogP contribution in [0.4, 0.5) is 11.4 Å². The maximum absolute atomic E-state index is 10.8. The number of nitrogens with zero attached hydrogens (tertiary/aromatic N) is 2. The predicted molar refractivity (Wildman–Crippen MR) is 57.5 cm³/mol. The van der Waals surface area contributed by atoms with Crippen molar-refractivity contribution in [2.24, 2.45) is 0 Å². The Labute approximate surface area is 85.7 Å². The molecule has 0 saturated carbocycles. The number of aromatic nitrogens is 1. The molecule has 2 rings (SSSR count). The number of nitro groups is 1. The normalized spacial score (nSPS) is 10.5. The average molecular weight is 203 g/mol. The second-order valence-electron chi connectivity index (χ2n) is 3.23. The molecule has 0 bridgehead atoms. The number of benzene rings is 1. The fraction of sp³-hybridized carbons (Fsp3) is 0.100. The van der Waals surface area contributed by atoms with E-state index < -0.39 is 4.92 Å². The summed E-state index contributed by atoms with van der Waals surface area (Å²) in [7, 11) is 0. The van der Waals surface area contributed by atoms with Gasteiger partial charge >= 0.3 is 5.69 Å². The molecule has 1 heterocycles. The van der Waals surface area contributed by atoms with Gasteiger partial charge in [-0.3, -0.25) is 10.1 Å². The van der Waals surface area contributed by atoms with Gasteiger partial charge in [0.15, 0.2) is 0 Å². The standard InChI is InChI=1S/C10H9N3O2/c1-6-10(13(14)15)9(11)7-4-2-3-5-8(7)12-6/h2-5H,1H3,(H2,11,12). The molecule has 5 heteroatoms. The number of pyridine rings is 1. The molecule has 0 saturated heterocycles. The monoisotopic (exact) mass is 203 g/mol. The first-order chi connectivity index (χ1) is 7.11. The Hall–Kier alpha value is -2.17. The van der Waals surface area contributed by atoms with E-state index in [1.54, 1.807) is 25.1 Å². The van der Waals surface area contributed by atoms with Gasteiger partial charge < -0.3 is 5.73 Å². The Kier molecular flexibility index (Phi) is 2.00. The maximum atomic E-state index is 10.8. The fourth-order valence-corrected chi connectivity index (χ4v) is 1.59. The minimum absolute atomic E-state index is 0.103.